The van der Waals surface area contributed by atoms with Crippen LogP contribution in [0.3, 0.4) is 0 Å². The molecule has 1 rings (SSSR count). The molecule has 0 spiro atoms. The van der Waals surface area contributed by atoms with Gasteiger partial charge in [0.25, 0.3) is 5.91 Å². The Hall–Kier alpha value is -1.16. The van der Waals surface area contributed by atoms with Crippen molar-refractivity contribution in [2.75, 3.05) is 13.3 Å². The lowest BCUT2D eigenvalue weighted by Crippen LogP contribution is -2.28. The minimum absolute atomic E-state index is 0.118. The van der Waals surface area contributed by atoms with E-state index < -0.39 is 19.4 Å². The summed E-state index contributed by atoms with van der Waals surface area (Å²) in [6.45, 7) is 3.88. The number of carbonyl (C=O) groups excluding carboxylic acids is 1. The molecule has 0 saturated carbocycles. The van der Waals surface area contributed by atoms with Crippen molar-refractivity contribution in [2.24, 2.45) is 0 Å². The van der Waals surface area contributed by atoms with Crippen molar-refractivity contribution < 1.29 is 19.1 Å². The van der Waals surface area contributed by atoms with Crippen LogP contribution in [0, 0.1) is 0 Å². The molecule has 1 aromatic rings. The van der Waals surface area contributed by atoms with E-state index in [0.717, 1.165) is 5.56 Å². The molecule has 0 aliphatic heterocycles. The van der Waals surface area contributed by atoms with Gasteiger partial charge in [-0.05, 0) is 17.5 Å². The summed E-state index contributed by atoms with van der Waals surface area (Å²) in [5, 5.41) is 0.339. The highest BCUT2D eigenvalue weighted by atomic mass is 31.2. The number of amides is 1. The van der Waals surface area contributed by atoms with Crippen molar-refractivity contribution in [1.29, 1.82) is 0 Å². The van der Waals surface area contributed by atoms with Crippen LogP contribution in [0.1, 0.15) is 25.3 Å². The Labute approximate surface area is 107 Å². The smallest absolute Gasteiger partial charge is 0.253 e. The molecule has 0 aromatic heterocycles. The van der Waals surface area contributed by atoms with Crippen LogP contribution in [0.25, 0.3) is 0 Å². The minimum Gasteiger partial charge on any atom is -0.341 e. The van der Waals surface area contributed by atoms with Crippen molar-refractivity contribution in [3.8, 4) is 0 Å². The largest absolute Gasteiger partial charge is 0.341 e. The van der Waals surface area contributed by atoms with Gasteiger partial charge in [0.15, 0.2) is 0 Å². The lowest BCUT2D eigenvalue weighted by atomic mass is 10.0. The van der Waals surface area contributed by atoms with Gasteiger partial charge in [-0.1, -0.05) is 32.0 Å². The second-order valence-electron chi connectivity index (χ2n) is 4.30. The van der Waals surface area contributed by atoms with E-state index in [9.17, 15) is 14.3 Å². The summed E-state index contributed by atoms with van der Waals surface area (Å²) < 4.78 is 12.3. The predicted octanol–water partition coefficient (Wildman–Crippen LogP) is 1.38. The van der Waals surface area contributed by atoms with Gasteiger partial charge in [-0.3, -0.25) is 14.2 Å². The Balaban J connectivity index is 3.05. The highest BCUT2D eigenvalue weighted by molar-refractivity contribution is 7.67. The number of carbonyl (C=O) groups is 1. The highest BCUT2D eigenvalue weighted by Crippen LogP contribution is 2.41. The number of rotatable bonds is 5. The normalized spacial score (nSPS) is 14.3. The summed E-state index contributed by atoms with van der Waals surface area (Å²) in [5.41, 5.74) is 2.83. The average molecular weight is 271 g/mol. The van der Waals surface area contributed by atoms with Gasteiger partial charge in [-0.15, -0.1) is 0 Å². The molecule has 1 unspecified atom stereocenters. The first-order chi connectivity index (χ1) is 8.38. The summed E-state index contributed by atoms with van der Waals surface area (Å²) in [4.78, 5) is 25.8. The van der Waals surface area contributed by atoms with Crippen molar-refractivity contribution in [3.63, 3.8) is 0 Å². The van der Waals surface area contributed by atoms with Gasteiger partial charge in [0.1, 0.15) is 6.16 Å². The second kappa shape index (κ2) is 6.14. The van der Waals surface area contributed by atoms with E-state index in [0.29, 0.717) is 5.30 Å². The minimum atomic E-state index is -3.71. The molecule has 100 valence electrons. The molecule has 0 aliphatic rings. The van der Waals surface area contributed by atoms with Crippen LogP contribution in [-0.4, -0.2) is 24.1 Å². The zero-order chi connectivity index (χ0) is 13.8. The van der Waals surface area contributed by atoms with E-state index in [4.69, 9.17) is 0 Å². The molecule has 0 saturated heterocycles. The molecule has 1 aromatic carbocycles. The Morgan fingerprint density at radius 1 is 1.44 bits per heavy atom. The molecule has 18 heavy (non-hydrogen) atoms. The summed E-state index contributed by atoms with van der Waals surface area (Å²) in [5.74, 6) is -0.492. The number of benzene rings is 1. The van der Waals surface area contributed by atoms with Gasteiger partial charge in [-0.2, -0.15) is 0 Å². The maximum atomic E-state index is 12.3. The SMILES string of the molecule is CONC(=O)CP(=O)(O)c1ccccc1C(C)C. The van der Waals surface area contributed by atoms with E-state index >= 15 is 0 Å². The third-order valence-corrected chi connectivity index (χ3v) is 4.38. The zero-order valence-corrected chi connectivity index (χ0v) is 11.6. The van der Waals surface area contributed by atoms with E-state index in [1.165, 1.54) is 7.11 Å². The first kappa shape index (κ1) is 14.9. The molecule has 0 aliphatic carbocycles. The number of hydrogen-bond acceptors (Lipinski definition) is 3. The number of hydrogen-bond donors (Lipinski definition) is 2. The molecule has 0 bridgehead atoms. The molecule has 0 radical (unpaired) electrons. The van der Waals surface area contributed by atoms with Crippen LogP contribution in [0.2, 0.25) is 0 Å². The van der Waals surface area contributed by atoms with Gasteiger partial charge >= 0.3 is 0 Å². The predicted molar refractivity (Wildman–Crippen MR) is 70.0 cm³/mol. The van der Waals surface area contributed by atoms with Crippen LogP contribution >= 0.6 is 7.37 Å². The van der Waals surface area contributed by atoms with E-state index in [2.05, 4.69) is 4.84 Å². The lowest BCUT2D eigenvalue weighted by Gasteiger charge is -2.17. The Morgan fingerprint density at radius 3 is 2.61 bits per heavy atom. The molecule has 5 nitrogen and oxygen atoms in total. The Kier molecular flexibility index (Phi) is 5.08. The van der Waals surface area contributed by atoms with Crippen LogP contribution in [0.4, 0.5) is 0 Å². The molecule has 6 heteroatoms. The van der Waals surface area contributed by atoms with E-state index in [-0.39, 0.29) is 5.92 Å². The van der Waals surface area contributed by atoms with Gasteiger partial charge in [-0.25, -0.2) is 5.48 Å². The maximum Gasteiger partial charge on any atom is 0.253 e. The molecule has 0 heterocycles. The monoisotopic (exact) mass is 271 g/mol. The summed E-state index contributed by atoms with van der Waals surface area (Å²) in [6, 6.07) is 6.90. The van der Waals surface area contributed by atoms with E-state index in [1.807, 2.05) is 25.4 Å². The van der Waals surface area contributed by atoms with Crippen LogP contribution in [-0.2, 0) is 14.2 Å². The summed E-state index contributed by atoms with van der Waals surface area (Å²) in [6.07, 6.45) is -0.482. The van der Waals surface area contributed by atoms with Gasteiger partial charge in [0, 0.05) is 5.30 Å². The van der Waals surface area contributed by atoms with Crippen LogP contribution < -0.4 is 10.8 Å². The van der Waals surface area contributed by atoms with Gasteiger partial charge < -0.3 is 4.89 Å². The second-order valence-corrected chi connectivity index (χ2v) is 6.50. The average Bonchev–Trinajstić information content (AvgIpc) is 2.28. The lowest BCUT2D eigenvalue weighted by molar-refractivity contribution is -0.128. The summed E-state index contributed by atoms with van der Waals surface area (Å²) in [7, 11) is -2.43. The third-order valence-electron chi connectivity index (χ3n) is 2.51. The number of hydroxylamine groups is 1. The van der Waals surface area contributed by atoms with Crippen molar-refractivity contribution in [3.05, 3.63) is 29.8 Å². The Morgan fingerprint density at radius 2 is 2.06 bits per heavy atom. The molecular formula is C12H18NO4P. The molecule has 0 fully saturated rings. The molecular weight excluding hydrogens is 253 g/mol. The standard InChI is InChI=1S/C12H18NO4P/c1-9(2)10-6-4-5-7-11(10)18(15,16)8-12(14)13-17-3/h4-7,9H,8H2,1-3H3,(H,13,14)(H,15,16). The van der Waals surface area contributed by atoms with Crippen LogP contribution in [0.15, 0.2) is 24.3 Å². The maximum absolute atomic E-state index is 12.3. The van der Waals surface area contributed by atoms with Crippen molar-refractivity contribution in [2.45, 2.75) is 19.8 Å². The topological polar surface area (TPSA) is 75.6 Å². The fourth-order valence-corrected chi connectivity index (χ4v) is 3.40. The number of nitrogens with one attached hydrogen (secondary N) is 1. The fourth-order valence-electron chi connectivity index (χ4n) is 1.72. The quantitative estimate of drug-likeness (QED) is 0.626. The fraction of sp³-hybridized carbons (Fsp3) is 0.417. The molecule has 1 amide bonds. The summed E-state index contributed by atoms with van der Waals surface area (Å²) >= 11 is 0. The van der Waals surface area contributed by atoms with E-state index in [1.54, 1.807) is 18.2 Å². The van der Waals surface area contributed by atoms with Gasteiger partial charge in [0.05, 0.1) is 7.11 Å². The van der Waals surface area contributed by atoms with Crippen molar-refractivity contribution >= 4 is 18.6 Å². The van der Waals surface area contributed by atoms with Crippen molar-refractivity contribution in [1.82, 2.24) is 5.48 Å². The van der Waals surface area contributed by atoms with Gasteiger partial charge in [0.2, 0.25) is 7.37 Å². The molecule has 1 atom stereocenters. The zero-order valence-electron chi connectivity index (χ0n) is 10.7. The third kappa shape index (κ3) is 3.67. The first-order valence-corrected chi connectivity index (χ1v) is 7.46. The first-order valence-electron chi connectivity index (χ1n) is 5.61. The Bertz CT molecular complexity index is 473. The van der Waals surface area contributed by atoms with Crippen LogP contribution in [0.5, 0.6) is 0 Å². The highest BCUT2D eigenvalue weighted by Gasteiger charge is 2.28. The molecule has 2 N–H and O–H groups in total.